The molecule has 2 nitrogen and oxygen atoms in total. The smallest absolute Gasteiger partial charge is 0.119 e. The van der Waals surface area contributed by atoms with Gasteiger partial charge < -0.3 is 5.11 Å². The lowest BCUT2D eigenvalue weighted by Crippen LogP contribution is -1.83. The molecule has 0 spiro atoms. The van der Waals surface area contributed by atoms with Crippen LogP contribution in [0.1, 0.15) is 17.6 Å². The standard InChI is InChI=1S/C6H8BrNOS/c1-2-4-6(7)10-5(3-9)8-4/h9H,2-3H2,1H3. The Bertz CT molecular complexity index is 224. The second-order valence-electron chi connectivity index (χ2n) is 1.84. The molecule has 4 heteroatoms. The lowest BCUT2D eigenvalue weighted by Gasteiger charge is -1.85. The minimum atomic E-state index is 0.0449. The molecule has 0 saturated carbocycles. The molecule has 0 saturated heterocycles. The van der Waals surface area contributed by atoms with Crippen LogP contribution < -0.4 is 0 Å². The van der Waals surface area contributed by atoms with Crippen molar-refractivity contribution in [1.29, 1.82) is 0 Å². The summed E-state index contributed by atoms with van der Waals surface area (Å²) >= 11 is 4.86. The van der Waals surface area contributed by atoms with Crippen LogP contribution in [-0.2, 0) is 13.0 Å². The lowest BCUT2D eigenvalue weighted by atomic mass is 10.4. The van der Waals surface area contributed by atoms with Crippen LogP contribution in [0.25, 0.3) is 0 Å². The van der Waals surface area contributed by atoms with Crippen molar-refractivity contribution in [3.05, 3.63) is 14.5 Å². The summed E-state index contributed by atoms with van der Waals surface area (Å²) in [5, 5.41) is 9.48. The van der Waals surface area contributed by atoms with Crippen LogP contribution in [0, 0.1) is 0 Å². The summed E-state index contributed by atoms with van der Waals surface area (Å²) in [4.78, 5) is 4.17. The van der Waals surface area contributed by atoms with E-state index in [9.17, 15) is 0 Å². The number of hydrogen-bond donors (Lipinski definition) is 1. The summed E-state index contributed by atoms with van der Waals surface area (Å²) in [5.74, 6) is 0. The van der Waals surface area contributed by atoms with Crippen LogP contribution in [0.2, 0.25) is 0 Å². The fourth-order valence-corrected chi connectivity index (χ4v) is 2.33. The topological polar surface area (TPSA) is 33.1 Å². The van der Waals surface area contributed by atoms with Crippen LogP contribution in [0.3, 0.4) is 0 Å². The number of aliphatic hydroxyl groups excluding tert-OH is 1. The van der Waals surface area contributed by atoms with Gasteiger partial charge in [-0.2, -0.15) is 0 Å². The van der Waals surface area contributed by atoms with Crippen LogP contribution in [0.5, 0.6) is 0 Å². The third kappa shape index (κ3) is 1.56. The van der Waals surface area contributed by atoms with Crippen molar-refractivity contribution in [2.75, 3.05) is 0 Å². The molecular weight excluding hydrogens is 214 g/mol. The average molecular weight is 222 g/mol. The SMILES string of the molecule is CCc1nc(CO)sc1Br. The fourth-order valence-electron chi connectivity index (χ4n) is 0.665. The van der Waals surface area contributed by atoms with Gasteiger partial charge >= 0.3 is 0 Å². The maximum absolute atomic E-state index is 8.70. The van der Waals surface area contributed by atoms with E-state index in [2.05, 4.69) is 20.9 Å². The third-order valence-electron chi connectivity index (χ3n) is 1.16. The van der Waals surface area contributed by atoms with E-state index < -0.39 is 0 Å². The first kappa shape index (κ1) is 8.17. The predicted octanol–water partition coefficient (Wildman–Crippen LogP) is 1.96. The first-order valence-corrected chi connectivity index (χ1v) is 4.63. The zero-order chi connectivity index (χ0) is 7.56. The summed E-state index contributed by atoms with van der Waals surface area (Å²) in [6.07, 6.45) is 0.914. The van der Waals surface area contributed by atoms with Gasteiger partial charge in [-0.25, -0.2) is 4.98 Å². The number of rotatable bonds is 2. The quantitative estimate of drug-likeness (QED) is 0.829. The molecule has 0 aliphatic carbocycles. The molecule has 0 aliphatic rings. The van der Waals surface area contributed by atoms with E-state index in [0.29, 0.717) is 0 Å². The number of thiazole rings is 1. The minimum absolute atomic E-state index is 0.0449. The maximum atomic E-state index is 8.70. The van der Waals surface area contributed by atoms with Gasteiger partial charge in [-0.05, 0) is 22.4 Å². The van der Waals surface area contributed by atoms with E-state index in [-0.39, 0.29) is 6.61 Å². The molecule has 0 radical (unpaired) electrons. The van der Waals surface area contributed by atoms with Crippen LogP contribution in [0.15, 0.2) is 3.79 Å². The first-order valence-electron chi connectivity index (χ1n) is 3.02. The van der Waals surface area contributed by atoms with E-state index >= 15 is 0 Å². The van der Waals surface area contributed by atoms with E-state index in [1.165, 1.54) is 11.3 Å². The Morgan fingerprint density at radius 2 is 2.40 bits per heavy atom. The Morgan fingerprint density at radius 3 is 2.70 bits per heavy atom. The zero-order valence-corrected chi connectivity index (χ0v) is 8.00. The molecular formula is C6H8BrNOS. The summed E-state index contributed by atoms with van der Waals surface area (Å²) in [6.45, 7) is 2.09. The van der Waals surface area contributed by atoms with Gasteiger partial charge in [-0.3, -0.25) is 0 Å². The number of halogens is 1. The molecule has 0 unspecified atom stereocenters. The molecule has 0 atom stereocenters. The van der Waals surface area contributed by atoms with Crippen LogP contribution >= 0.6 is 27.3 Å². The van der Waals surface area contributed by atoms with Crippen molar-refractivity contribution >= 4 is 27.3 Å². The monoisotopic (exact) mass is 221 g/mol. The van der Waals surface area contributed by atoms with Crippen molar-refractivity contribution in [1.82, 2.24) is 4.98 Å². The fraction of sp³-hybridized carbons (Fsp3) is 0.500. The number of aliphatic hydroxyl groups is 1. The van der Waals surface area contributed by atoms with Gasteiger partial charge in [-0.1, -0.05) is 6.92 Å². The van der Waals surface area contributed by atoms with Crippen molar-refractivity contribution in [2.24, 2.45) is 0 Å². The highest BCUT2D eigenvalue weighted by Gasteiger charge is 2.04. The Hall–Kier alpha value is 0.0700. The Balaban J connectivity index is 2.92. The van der Waals surface area contributed by atoms with Crippen LogP contribution in [-0.4, -0.2) is 10.1 Å². The number of aromatic nitrogens is 1. The normalized spacial score (nSPS) is 10.3. The number of aryl methyl sites for hydroxylation is 1. The second-order valence-corrected chi connectivity index (χ2v) is 4.24. The third-order valence-corrected chi connectivity index (χ3v) is 2.98. The Kier molecular flexibility index (Phi) is 2.82. The van der Waals surface area contributed by atoms with Gasteiger partial charge in [0.05, 0.1) is 16.1 Å². The second kappa shape index (κ2) is 3.46. The number of hydrogen-bond acceptors (Lipinski definition) is 3. The van der Waals surface area contributed by atoms with E-state index in [1.54, 1.807) is 0 Å². The van der Waals surface area contributed by atoms with E-state index in [1.807, 2.05) is 6.92 Å². The molecule has 0 aromatic carbocycles. The summed E-state index contributed by atoms with van der Waals surface area (Å²) in [5.41, 5.74) is 1.04. The first-order chi connectivity index (χ1) is 4.77. The molecule has 0 fully saturated rings. The summed E-state index contributed by atoms with van der Waals surface area (Å²) in [6, 6.07) is 0. The van der Waals surface area contributed by atoms with Crippen molar-refractivity contribution < 1.29 is 5.11 Å². The molecule has 1 aromatic rings. The number of nitrogens with zero attached hydrogens (tertiary/aromatic N) is 1. The largest absolute Gasteiger partial charge is 0.389 e. The summed E-state index contributed by atoms with van der Waals surface area (Å²) in [7, 11) is 0. The van der Waals surface area contributed by atoms with Gasteiger partial charge in [-0.15, -0.1) is 11.3 Å². The van der Waals surface area contributed by atoms with E-state index in [0.717, 1.165) is 20.9 Å². The highest BCUT2D eigenvalue weighted by atomic mass is 79.9. The molecule has 0 amide bonds. The molecule has 1 N–H and O–H groups in total. The van der Waals surface area contributed by atoms with Crippen molar-refractivity contribution in [2.45, 2.75) is 20.0 Å². The average Bonchev–Trinajstić information content (AvgIpc) is 2.30. The predicted molar refractivity (Wildman–Crippen MR) is 45.1 cm³/mol. The zero-order valence-electron chi connectivity index (χ0n) is 5.59. The van der Waals surface area contributed by atoms with Gasteiger partial charge in [0.25, 0.3) is 0 Å². The molecule has 0 aliphatic heterocycles. The highest BCUT2D eigenvalue weighted by molar-refractivity contribution is 9.11. The van der Waals surface area contributed by atoms with Crippen LogP contribution in [0.4, 0.5) is 0 Å². The van der Waals surface area contributed by atoms with E-state index in [4.69, 9.17) is 5.11 Å². The van der Waals surface area contributed by atoms with Gasteiger partial charge in [0.1, 0.15) is 5.01 Å². The van der Waals surface area contributed by atoms with Crippen molar-refractivity contribution in [3.8, 4) is 0 Å². The minimum Gasteiger partial charge on any atom is -0.389 e. The molecule has 1 heterocycles. The molecule has 0 bridgehead atoms. The van der Waals surface area contributed by atoms with Gasteiger partial charge in [0.15, 0.2) is 0 Å². The maximum Gasteiger partial charge on any atom is 0.119 e. The Labute approximate surface area is 72.0 Å². The molecule has 10 heavy (non-hydrogen) atoms. The summed E-state index contributed by atoms with van der Waals surface area (Å²) < 4.78 is 1.04. The molecule has 1 rings (SSSR count). The Morgan fingerprint density at radius 1 is 1.70 bits per heavy atom. The molecule has 56 valence electrons. The van der Waals surface area contributed by atoms with Gasteiger partial charge in [0, 0.05) is 0 Å². The highest BCUT2D eigenvalue weighted by Crippen LogP contribution is 2.24. The lowest BCUT2D eigenvalue weighted by molar-refractivity contribution is 0.281. The molecule has 1 aromatic heterocycles. The van der Waals surface area contributed by atoms with Crippen molar-refractivity contribution in [3.63, 3.8) is 0 Å². The van der Waals surface area contributed by atoms with Gasteiger partial charge in [0.2, 0.25) is 0 Å².